The van der Waals surface area contributed by atoms with Crippen molar-refractivity contribution in [2.24, 2.45) is 0 Å². The van der Waals surface area contributed by atoms with Crippen LogP contribution in [0.1, 0.15) is 21.0 Å². The topological polar surface area (TPSA) is 134 Å². The minimum atomic E-state index is -1.19. The average molecular weight is 316 g/mol. The predicted octanol–water partition coefficient (Wildman–Crippen LogP) is 1.64. The van der Waals surface area contributed by atoms with E-state index in [2.05, 4.69) is 20.5 Å². The fourth-order valence-corrected chi connectivity index (χ4v) is 1.95. The zero-order chi connectivity index (χ0) is 14.9. The normalized spacial score (nSPS) is 10.3. The van der Waals surface area contributed by atoms with Gasteiger partial charge in [-0.05, 0) is 12.1 Å². The number of benzene rings is 1. The van der Waals surface area contributed by atoms with Crippen molar-refractivity contribution in [1.29, 1.82) is 0 Å². The molecule has 1 aromatic heterocycles. The summed E-state index contributed by atoms with van der Waals surface area (Å²) in [5, 5.41) is 17.0. The monoisotopic (exact) mass is 315 g/mol. The molecule has 0 fully saturated rings. The molecule has 1 aromatic carbocycles. The number of nitrogens with zero attached hydrogens (tertiary/aromatic N) is 2. The van der Waals surface area contributed by atoms with Gasteiger partial charge in [0.25, 0.3) is 5.91 Å². The summed E-state index contributed by atoms with van der Waals surface area (Å²) < 4.78 is 0. The van der Waals surface area contributed by atoms with E-state index in [0.29, 0.717) is 0 Å². The third-order valence-corrected chi connectivity index (χ3v) is 2.84. The van der Waals surface area contributed by atoms with Crippen LogP contribution in [0.4, 0.5) is 11.6 Å². The number of carbonyl (C=O) groups is 2. The molecule has 0 saturated carbocycles. The van der Waals surface area contributed by atoms with Gasteiger partial charge < -0.3 is 16.2 Å². The largest absolute Gasteiger partial charge is 0.478 e. The molecule has 8 nitrogen and oxygen atoms in total. The van der Waals surface area contributed by atoms with E-state index in [1.165, 1.54) is 12.1 Å². The van der Waals surface area contributed by atoms with Gasteiger partial charge >= 0.3 is 5.97 Å². The van der Waals surface area contributed by atoms with E-state index in [1.807, 2.05) is 0 Å². The van der Waals surface area contributed by atoms with Crippen LogP contribution >= 0.6 is 23.2 Å². The van der Waals surface area contributed by atoms with Crippen molar-refractivity contribution < 1.29 is 14.7 Å². The molecule has 10 heteroatoms. The maximum absolute atomic E-state index is 11.8. The van der Waals surface area contributed by atoms with Crippen LogP contribution in [-0.2, 0) is 0 Å². The van der Waals surface area contributed by atoms with Crippen LogP contribution < -0.4 is 11.1 Å². The second kappa shape index (κ2) is 5.35. The van der Waals surface area contributed by atoms with Crippen LogP contribution in [0.2, 0.25) is 10.0 Å². The van der Waals surface area contributed by atoms with Gasteiger partial charge in [0.2, 0.25) is 11.8 Å². The van der Waals surface area contributed by atoms with Gasteiger partial charge in [0.1, 0.15) is 0 Å². The number of carboxylic acids is 1. The molecule has 2 rings (SSSR count). The Morgan fingerprint density at radius 2 is 1.90 bits per heavy atom. The van der Waals surface area contributed by atoms with Crippen molar-refractivity contribution in [3.05, 3.63) is 33.6 Å². The molecule has 0 spiro atoms. The van der Waals surface area contributed by atoms with E-state index in [-0.39, 0.29) is 33.1 Å². The van der Waals surface area contributed by atoms with Gasteiger partial charge in [-0.25, -0.2) is 4.79 Å². The highest BCUT2D eigenvalue weighted by Gasteiger charge is 2.17. The highest BCUT2D eigenvalue weighted by atomic mass is 35.5. The zero-order valence-electron chi connectivity index (χ0n) is 9.65. The first kappa shape index (κ1) is 14.1. The zero-order valence-corrected chi connectivity index (χ0v) is 11.2. The lowest BCUT2D eigenvalue weighted by molar-refractivity contribution is 0.0696. The van der Waals surface area contributed by atoms with E-state index in [9.17, 15) is 9.59 Å². The molecular formula is C10H7Cl2N5O3. The van der Waals surface area contributed by atoms with Crippen LogP contribution in [0, 0.1) is 0 Å². The minimum absolute atomic E-state index is 0.0178. The number of aromatic amines is 1. The molecule has 2 aromatic rings. The summed E-state index contributed by atoms with van der Waals surface area (Å²) in [5.74, 6) is -2.07. The van der Waals surface area contributed by atoms with Gasteiger partial charge in [-0.3, -0.25) is 9.89 Å². The van der Waals surface area contributed by atoms with Gasteiger partial charge in [-0.2, -0.15) is 4.98 Å². The number of amides is 1. The SMILES string of the molecule is Nc1n[nH]c(C(=O)Nc2c(Cl)cc(C(=O)O)cc2Cl)n1. The first-order valence-corrected chi connectivity index (χ1v) is 5.85. The molecular weight excluding hydrogens is 309 g/mol. The number of hydrogen-bond donors (Lipinski definition) is 4. The van der Waals surface area contributed by atoms with Crippen molar-refractivity contribution in [2.75, 3.05) is 11.1 Å². The van der Waals surface area contributed by atoms with E-state index < -0.39 is 11.9 Å². The Hall–Kier alpha value is -2.32. The Labute approximate surface area is 121 Å². The lowest BCUT2D eigenvalue weighted by atomic mass is 10.2. The highest BCUT2D eigenvalue weighted by molar-refractivity contribution is 6.40. The quantitative estimate of drug-likeness (QED) is 0.680. The first-order chi connectivity index (χ1) is 9.38. The Balaban J connectivity index is 2.30. The van der Waals surface area contributed by atoms with Gasteiger partial charge in [-0.1, -0.05) is 23.2 Å². The number of carboxylic acid groups (broad SMARTS) is 1. The lowest BCUT2D eigenvalue weighted by Crippen LogP contribution is -2.15. The summed E-state index contributed by atoms with van der Waals surface area (Å²) in [5.41, 5.74) is 5.24. The van der Waals surface area contributed by atoms with Crippen LogP contribution in [0.3, 0.4) is 0 Å². The number of nitrogens with one attached hydrogen (secondary N) is 2. The number of rotatable bonds is 3. The molecule has 0 aliphatic heterocycles. The smallest absolute Gasteiger partial charge is 0.335 e. The molecule has 0 radical (unpaired) electrons. The van der Waals surface area contributed by atoms with Crippen LogP contribution in [0.25, 0.3) is 0 Å². The fraction of sp³-hybridized carbons (Fsp3) is 0. The summed E-state index contributed by atoms with van der Waals surface area (Å²) in [6.45, 7) is 0. The number of halogens is 2. The van der Waals surface area contributed by atoms with Gasteiger partial charge in [0.05, 0.1) is 21.3 Å². The Kier molecular flexibility index (Phi) is 3.77. The number of hydrogen-bond acceptors (Lipinski definition) is 5. The van der Waals surface area contributed by atoms with Crippen molar-refractivity contribution in [3.63, 3.8) is 0 Å². The Bertz CT molecular complexity index is 677. The molecule has 1 amide bonds. The molecule has 20 heavy (non-hydrogen) atoms. The molecule has 0 atom stereocenters. The third-order valence-electron chi connectivity index (χ3n) is 2.25. The van der Waals surface area contributed by atoms with Gasteiger partial charge in [-0.15, -0.1) is 5.10 Å². The van der Waals surface area contributed by atoms with Gasteiger partial charge in [0.15, 0.2) is 0 Å². The van der Waals surface area contributed by atoms with Crippen molar-refractivity contribution in [1.82, 2.24) is 15.2 Å². The Morgan fingerprint density at radius 1 is 1.30 bits per heavy atom. The van der Waals surface area contributed by atoms with E-state index in [4.69, 9.17) is 34.0 Å². The average Bonchev–Trinajstić information content (AvgIpc) is 2.80. The second-order valence-electron chi connectivity index (χ2n) is 3.62. The molecule has 0 unspecified atom stereocenters. The van der Waals surface area contributed by atoms with E-state index in [0.717, 1.165) is 0 Å². The van der Waals surface area contributed by atoms with Crippen molar-refractivity contribution in [3.8, 4) is 0 Å². The minimum Gasteiger partial charge on any atom is -0.478 e. The fourth-order valence-electron chi connectivity index (χ4n) is 1.37. The molecule has 1 heterocycles. The van der Waals surface area contributed by atoms with Crippen molar-refractivity contribution in [2.45, 2.75) is 0 Å². The number of anilines is 2. The Morgan fingerprint density at radius 3 is 2.35 bits per heavy atom. The summed E-state index contributed by atoms with van der Waals surface area (Å²) in [4.78, 5) is 26.3. The molecule has 0 aliphatic rings. The number of aromatic nitrogens is 3. The number of nitrogen functional groups attached to an aromatic ring is 1. The predicted molar refractivity (Wildman–Crippen MR) is 72.2 cm³/mol. The maximum Gasteiger partial charge on any atom is 0.335 e. The van der Waals surface area contributed by atoms with Crippen LogP contribution in [0.15, 0.2) is 12.1 Å². The van der Waals surface area contributed by atoms with Crippen LogP contribution in [-0.4, -0.2) is 32.2 Å². The number of nitrogens with two attached hydrogens (primary N) is 1. The summed E-state index contributed by atoms with van der Waals surface area (Å²) in [7, 11) is 0. The third kappa shape index (κ3) is 2.81. The molecule has 0 bridgehead atoms. The first-order valence-electron chi connectivity index (χ1n) is 5.10. The van der Waals surface area contributed by atoms with Crippen molar-refractivity contribution >= 4 is 46.7 Å². The molecule has 0 aliphatic carbocycles. The lowest BCUT2D eigenvalue weighted by Gasteiger charge is -2.09. The molecule has 104 valence electrons. The summed E-state index contributed by atoms with van der Waals surface area (Å²) in [6.07, 6.45) is 0. The van der Waals surface area contributed by atoms with Crippen LogP contribution in [0.5, 0.6) is 0 Å². The summed E-state index contributed by atoms with van der Waals surface area (Å²) in [6, 6.07) is 2.33. The van der Waals surface area contributed by atoms with Gasteiger partial charge in [0, 0.05) is 0 Å². The maximum atomic E-state index is 11.8. The molecule has 0 saturated heterocycles. The number of aromatic carboxylic acids is 1. The van der Waals surface area contributed by atoms with E-state index >= 15 is 0 Å². The van der Waals surface area contributed by atoms with E-state index in [1.54, 1.807) is 0 Å². The second-order valence-corrected chi connectivity index (χ2v) is 4.43. The highest BCUT2D eigenvalue weighted by Crippen LogP contribution is 2.32. The standard InChI is InChI=1S/C10H7Cl2N5O3/c11-4-1-3(9(19)20)2-5(12)6(4)14-8(18)7-15-10(13)17-16-7/h1-2H,(H,14,18)(H,19,20)(H3,13,15,16,17). The summed E-state index contributed by atoms with van der Waals surface area (Å²) >= 11 is 11.8. The number of H-pyrrole nitrogens is 1. The number of carbonyl (C=O) groups excluding carboxylic acids is 1. The molecule has 5 N–H and O–H groups in total.